The Hall–Kier alpha value is -2.32. The van der Waals surface area contributed by atoms with Crippen LogP contribution in [0.1, 0.15) is 30.0 Å². The van der Waals surface area contributed by atoms with E-state index >= 15 is 0 Å². The number of aromatic nitrogens is 2. The highest BCUT2D eigenvalue weighted by Gasteiger charge is 2.25. The van der Waals surface area contributed by atoms with Gasteiger partial charge in [0.05, 0.1) is 13.1 Å². The van der Waals surface area contributed by atoms with Gasteiger partial charge in [0, 0.05) is 24.0 Å². The molecule has 4 nitrogen and oxygen atoms in total. The average molecular weight is 285 g/mol. The minimum absolute atomic E-state index is 0.0282. The maximum absolute atomic E-state index is 13.3. The number of benzene rings is 1. The van der Waals surface area contributed by atoms with E-state index < -0.39 is 0 Å². The highest BCUT2D eigenvalue weighted by atomic mass is 19.1. The summed E-state index contributed by atoms with van der Waals surface area (Å²) >= 11 is 0. The van der Waals surface area contributed by atoms with Gasteiger partial charge in [0.2, 0.25) is 0 Å². The Morgan fingerprint density at radius 2 is 2.14 bits per heavy atom. The zero-order valence-electron chi connectivity index (χ0n) is 11.6. The van der Waals surface area contributed by atoms with Crippen molar-refractivity contribution < 1.29 is 4.39 Å². The average Bonchev–Trinajstić information content (AvgIpc) is 3.25. The van der Waals surface area contributed by atoms with Crippen molar-refractivity contribution in [1.29, 1.82) is 0 Å². The van der Waals surface area contributed by atoms with Gasteiger partial charge in [0.15, 0.2) is 0 Å². The van der Waals surface area contributed by atoms with Crippen LogP contribution in [-0.4, -0.2) is 15.7 Å². The predicted molar refractivity (Wildman–Crippen MR) is 78.4 cm³/mol. The number of nitrogens with two attached hydrogens (primary N) is 1. The van der Waals surface area contributed by atoms with Crippen LogP contribution in [0, 0.1) is 17.7 Å². The van der Waals surface area contributed by atoms with Gasteiger partial charge in [-0.2, -0.15) is 0 Å². The summed E-state index contributed by atoms with van der Waals surface area (Å²) in [5, 5.41) is 0. The fraction of sp³-hybridized carbons (Fsp3) is 0.312. The van der Waals surface area contributed by atoms with E-state index in [4.69, 9.17) is 5.73 Å². The minimum Gasteiger partial charge on any atom is -0.320 e. The molecule has 1 aromatic carbocycles. The van der Waals surface area contributed by atoms with E-state index in [9.17, 15) is 9.18 Å². The quantitative estimate of drug-likeness (QED) is 0.869. The number of halogens is 1. The molecule has 0 radical (unpaired) electrons. The topological polar surface area (TPSA) is 52.9 Å². The van der Waals surface area contributed by atoms with Crippen molar-refractivity contribution in [2.75, 3.05) is 6.54 Å². The lowest BCUT2D eigenvalue weighted by molar-refractivity contribution is 0.624. The van der Waals surface area contributed by atoms with Crippen molar-refractivity contribution >= 4 is 0 Å². The Labute approximate surface area is 122 Å². The van der Waals surface area contributed by atoms with E-state index in [-0.39, 0.29) is 18.1 Å². The third-order valence-corrected chi connectivity index (χ3v) is 3.55. The van der Waals surface area contributed by atoms with Gasteiger partial charge < -0.3 is 5.73 Å². The number of nitrogens with zero attached hydrogens (tertiary/aromatic N) is 2. The molecule has 0 atom stereocenters. The molecule has 0 bridgehead atoms. The molecule has 1 heterocycles. The molecular weight excluding hydrogens is 269 g/mol. The molecule has 1 aliphatic rings. The number of rotatable bonds is 3. The molecule has 0 spiro atoms. The van der Waals surface area contributed by atoms with Crippen LogP contribution in [0.2, 0.25) is 0 Å². The van der Waals surface area contributed by atoms with Crippen molar-refractivity contribution in [3.63, 3.8) is 0 Å². The van der Waals surface area contributed by atoms with Crippen molar-refractivity contribution in [2.45, 2.75) is 25.4 Å². The summed E-state index contributed by atoms with van der Waals surface area (Å²) in [7, 11) is 0. The first-order valence-corrected chi connectivity index (χ1v) is 6.93. The Morgan fingerprint density at radius 1 is 1.33 bits per heavy atom. The summed E-state index contributed by atoms with van der Waals surface area (Å²) in [5.41, 5.74) is 6.72. The van der Waals surface area contributed by atoms with E-state index in [1.807, 2.05) is 6.20 Å². The van der Waals surface area contributed by atoms with Gasteiger partial charge in [0.1, 0.15) is 5.82 Å². The Bertz CT molecular complexity index is 775. The van der Waals surface area contributed by atoms with E-state index in [2.05, 4.69) is 11.8 Å². The molecule has 0 aliphatic heterocycles. The van der Waals surface area contributed by atoms with Crippen molar-refractivity contribution in [1.82, 2.24) is 9.13 Å². The van der Waals surface area contributed by atoms with Crippen LogP contribution in [0.3, 0.4) is 0 Å². The lowest BCUT2D eigenvalue weighted by Gasteiger charge is -2.06. The van der Waals surface area contributed by atoms with Crippen LogP contribution in [0.5, 0.6) is 0 Å². The van der Waals surface area contributed by atoms with Crippen molar-refractivity contribution in [3.05, 3.63) is 58.0 Å². The van der Waals surface area contributed by atoms with E-state index in [1.165, 1.54) is 12.1 Å². The summed E-state index contributed by atoms with van der Waals surface area (Å²) in [5.74, 6) is 5.24. The number of hydrogen-bond acceptors (Lipinski definition) is 2. The molecule has 1 fully saturated rings. The standard InChI is InChI=1S/C16H16FN3O/c17-14-4-3-13(12(10-14)2-1-7-18)11-19-8-9-20(16(19)21)15-5-6-15/h3-4,8-10,15H,5-7,11,18H2. The second kappa shape index (κ2) is 5.58. The summed E-state index contributed by atoms with van der Waals surface area (Å²) in [6.45, 7) is 0.599. The Balaban J connectivity index is 1.92. The van der Waals surface area contributed by atoms with Crippen LogP contribution >= 0.6 is 0 Å². The minimum atomic E-state index is -0.344. The summed E-state index contributed by atoms with van der Waals surface area (Å²) in [4.78, 5) is 12.2. The third-order valence-electron chi connectivity index (χ3n) is 3.55. The monoisotopic (exact) mass is 285 g/mol. The molecule has 2 aromatic rings. The van der Waals surface area contributed by atoms with E-state index in [0.717, 1.165) is 18.4 Å². The molecule has 1 aromatic heterocycles. The summed E-state index contributed by atoms with van der Waals surface area (Å²) in [6, 6.07) is 4.77. The summed E-state index contributed by atoms with van der Waals surface area (Å²) in [6.07, 6.45) is 5.71. The van der Waals surface area contributed by atoms with Gasteiger partial charge >= 0.3 is 5.69 Å². The highest BCUT2D eigenvalue weighted by Crippen LogP contribution is 2.33. The van der Waals surface area contributed by atoms with Crippen LogP contribution in [0.25, 0.3) is 0 Å². The first-order valence-electron chi connectivity index (χ1n) is 6.93. The lowest BCUT2D eigenvalue weighted by Crippen LogP contribution is -2.24. The molecule has 1 aliphatic carbocycles. The van der Waals surface area contributed by atoms with Crippen LogP contribution < -0.4 is 11.4 Å². The lowest BCUT2D eigenvalue weighted by atomic mass is 10.1. The second-order valence-corrected chi connectivity index (χ2v) is 5.15. The van der Waals surface area contributed by atoms with Crippen molar-refractivity contribution in [3.8, 4) is 11.8 Å². The van der Waals surface area contributed by atoms with Gasteiger partial charge in [-0.1, -0.05) is 17.9 Å². The molecule has 0 unspecified atom stereocenters. The third kappa shape index (κ3) is 2.91. The van der Waals surface area contributed by atoms with Gasteiger partial charge in [-0.25, -0.2) is 9.18 Å². The van der Waals surface area contributed by atoms with Gasteiger partial charge in [-0.3, -0.25) is 9.13 Å². The fourth-order valence-corrected chi connectivity index (χ4v) is 2.31. The van der Waals surface area contributed by atoms with Gasteiger partial charge in [0.25, 0.3) is 0 Å². The van der Waals surface area contributed by atoms with Crippen LogP contribution in [0.15, 0.2) is 35.4 Å². The molecule has 0 amide bonds. The Kier molecular flexibility index (Phi) is 3.63. The van der Waals surface area contributed by atoms with E-state index in [1.54, 1.807) is 21.4 Å². The summed E-state index contributed by atoms with van der Waals surface area (Å²) < 4.78 is 16.7. The predicted octanol–water partition coefficient (Wildman–Crippen LogP) is 1.48. The second-order valence-electron chi connectivity index (χ2n) is 5.15. The number of imidazole rings is 1. The van der Waals surface area contributed by atoms with Gasteiger partial charge in [-0.15, -0.1) is 0 Å². The maximum Gasteiger partial charge on any atom is 0.328 e. The fourth-order valence-electron chi connectivity index (χ4n) is 2.31. The normalized spacial score (nSPS) is 13.8. The van der Waals surface area contributed by atoms with E-state index in [0.29, 0.717) is 18.2 Å². The smallest absolute Gasteiger partial charge is 0.320 e. The molecule has 3 rings (SSSR count). The molecule has 0 saturated heterocycles. The Morgan fingerprint density at radius 3 is 2.86 bits per heavy atom. The molecule has 2 N–H and O–H groups in total. The van der Waals surface area contributed by atoms with Gasteiger partial charge in [-0.05, 0) is 30.5 Å². The molecule has 5 heteroatoms. The molecular formula is C16H16FN3O. The van der Waals surface area contributed by atoms with Crippen LogP contribution in [0.4, 0.5) is 4.39 Å². The zero-order valence-corrected chi connectivity index (χ0v) is 11.6. The molecule has 21 heavy (non-hydrogen) atoms. The molecule has 1 saturated carbocycles. The highest BCUT2D eigenvalue weighted by molar-refractivity contribution is 5.42. The zero-order chi connectivity index (χ0) is 14.8. The maximum atomic E-state index is 13.3. The first-order chi connectivity index (χ1) is 10.2. The first kappa shape index (κ1) is 13.7. The molecule has 108 valence electrons. The SMILES string of the molecule is NCC#Cc1cc(F)ccc1Cn1ccn(C2CC2)c1=O. The van der Waals surface area contributed by atoms with Crippen LogP contribution in [-0.2, 0) is 6.54 Å². The number of hydrogen-bond donors (Lipinski definition) is 1. The largest absolute Gasteiger partial charge is 0.328 e. The van der Waals surface area contributed by atoms with Crippen molar-refractivity contribution in [2.24, 2.45) is 5.73 Å².